The molecule has 2 saturated heterocycles. The normalized spacial score (nSPS) is 20.5. The summed E-state index contributed by atoms with van der Waals surface area (Å²) < 4.78 is 5.48. The first-order valence-electron chi connectivity index (χ1n) is 9.86. The Balaban J connectivity index is 1.49. The van der Waals surface area contributed by atoms with Crippen LogP contribution in [0.15, 0.2) is 48.5 Å². The van der Waals surface area contributed by atoms with Crippen molar-refractivity contribution < 1.29 is 9.53 Å². The molecule has 0 bridgehead atoms. The van der Waals surface area contributed by atoms with Crippen LogP contribution in [0.5, 0.6) is 5.75 Å². The molecule has 1 N–H and O–H groups in total. The van der Waals surface area contributed by atoms with Gasteiger partial charge in [0.1, 0.15) is 5.75 Å². The standard InChI is InChI=1S/C22H28N4O2/c1-24-10-11-25-12-13-26(16-19(25)15-24)22(27)23-20-14-18(8-9-21(20)28-2)17-6-4-3-5-7-17/h3-9,14,19H,10-13,15-16H2,1-2H3,(H,23,27). The highest BCUT2D eigenvalue weighted by molar-refractivity contribution is 5.92. The molecule has 2 fully saturated rings. The third-order valence-corrected chi connectivity index (χ3v) is 5.73. The smallest absolute Gasteiger partial charge is 0.322 e. The van der Waals surface area contributed by atoms with E-state index in [1.165, 1.54) is 0 Å². The lowest BCUT2D eigenvalue weighted by molar-refractivity contribution is 0.0353. The summed E-state index contributed by atoms with van der Waals surface area (Å²) >= 11 is 0. The summed E-state index contributed by atoms with van der Waals surface area (Å²) in [6, 6.07) is 16.4. The number of nitrogens with one attached hydrogen (secondary N) is 1. The van der Waals surface area contributed by atoms with E-state index in [4.69, 9.17) is 4.74 Å². The number of benzene rings is 2. The second-order valence-corrected chi connectivity index (χ2v) is 7.61. The molecule has 0 aromatic heterocycles. The SMILES string of the molecule is COc1ccc(-c2ccccc2)cc1NC(=O)N1CCN2CCN(C)CC2C1. The molecule has 2 aliphatic heterocycles. The average molecular weight is 380 g/mol. The monoisotopic (exact) mass is 380 g/mol. The Morgan fingerprint density at radius 2 is 1.79 bits per heavy atom. The van der Waals surface area contributed by atoms with Crippen molar-refractivity contribution in [2.24, 2.45) is 0 Å². The first kappa shape index (κ1) is 18.8. The third kappa shape index (κ3) is 3.98. The van der Waals surface area contributed by atoms with Crippen LogP contribution < -0.4 is 10.1 Å². The zero-order chi connectivity index (χ0) is 19.5. The van der Waals surface area contributed by atoms with Crippen molar-refractivity contribution in [3.05, 3.63) is 48.5 Å². The fourth-order valence-electron chi connectivity index (χ4n) is 4.11. The Morgan fingerprint density at radius 3 is 2.57 bits per heavy atom. The van der Waals surface area contributed by atoms with E-state index in [-0.39, 0.29) is 6.03 Å². The summed E-state index contributed by atoms with van der Waals surface area (Å²) in [5.41, 5.74) is 2.87. The molecule has 148 valence electrons. The number of urea groups is 1. The average Bonchev–Trinajstić information content (AvgIpc) is 2.73. The summed E-state index contributed by atoms with van der Waals surface area (Å²) in [6.45, 7) is 5.66. The van der Waals surface area contributed by atoms with E-state index in [1.807, 2.05) is 41.3 Å². The van der Waals surface area contributed by atoms with E-state index in [0.29, 0.717) is 17.5 Å². The predicted octanol–water partition coefficient (Wildman–Crippen LogP) is 2.83. The molecule has 2 aromatic rings. The second-order valence-electron chi connectivity index (χ2n) is 7.61. The van der Waals surface area contributed by atoms with Crippen LogP contribution in [0, 0.1) is 0 Å². The van der Waals surface area contributed by atoms with Gasteiger partial charge in [0.05, 0.1) is 12.8 Å². The van der Waals surface area contributed by atoms with Gasteiger partial charge in [-0.25, -0.2) is 4.79 Å². The number of hydrogen-bond acceptors (Lipinski definition) is 4. The third-order valence-electron chi connectivity index (χ3n) is 5.73. The van der Waals surface area contributed by atoms with Gasteiger partial charge in [0.15, 0.2) is 0 Å². The molecule has 1 atom stereocenters. The van der Waals surface area contributed by atoms with Crippen LogP contribution in [0.4, 0.5) is 10.5 Å². The van der Waals surface area contributed by atoms with Crippen LogP contribution in [0.3, 0.4) is 0 Å². The Hall–Kier alpha value is -2.57. The maximum Gasteiger partial charge on any atom is 0.322 e. The number of fused-ring (bicyclic) bond motifs is 1. The maximum atomic E-state index is 13.0. The first-order valence-corrected chi connectivity index (χ1v) is 9.86. The van der Waals surface area contributed by atoms with Gasteiger partial charge in [0.2, 0.25) is 0 Å². The van der Waals surface area contributed by atoms with Crippen LogP contribution in [0.25, 0.3) is 11.1 Å². The van der Waals surface area contributed by atoms with Crippen molar-refractivity contribution in [3.63, 3.8) is 0 Å². The van der Waals surface area contributed by atoms with Gasteiger partial charge in [-0.2, -0.15) is 0 Å². The minimum Gasteiger partial charge on any atom is -0.495 e. The molecule has 4 rings (SSSR count). The number of ether oxygens (including phenoxy) is 1. The molecule has 2 amide bonds. The summed E-state index contributed by atoms with van der Waals surface area (Å²) in [4.78, 5) is 19.7. The molecule has 2 heterocycles. The van der Waals surface area contributed by atoms with Crippen molar-refractivity contribution in [3.8, 4) is 16.9 Å². The molecule has 0 saturated carbocycles. The van der Waals surface area contributed by atoms with Crippen LogP contribution in [-0.4, -0.2) is 80.2 Å². The molecule has 28 heavy (non-hydrogen) atoms. The van der Waals surface area contributed by atoms with E-state index in [9.17, 15) is 4.79 Å². The molecule has 6 nitrogen and oxygen atoms in total. The van der Waals surface area contributed by atoms with E-state index < -0.39 is 0 Å². The maximum absolute atomic E-state index is 13.0. The number of hydrogen-bond donors (Lipinski definition) is 1. The molecule has 1 unspecified atom stereocenters. The fourth-order valence-corrected chi connectivity index (χ4v) is 4.11. The highest BCUT2D eigenvalue weighted by Crippen LogP contribution is 2.31. The van der Waals surface area contributed by atoms with Gasteiger partial charge in [-0.1, -0.05) is 36.4 Å². The number of carbonyl (C=O) groups excluding carboxylic acids is 1. The topological polar surface area (TPSA) is 48.1 Å². The van der Waals surface area contributed by atoms with Crippen molar-refractivity contribution in [1.29, 1.82) is 0 Å². The van der Waals surface area contributed by atoms with Crippen molar-refractivity contribution in [2.45, 2.75) is 6.04 Å². The van der Waals surface area contributed by atoms with E-state index in [0.717, 1.165) is 50.4 Å². The van der Waals surface area contributed by atoms with Crippen LogP contribution in [-0.2, 0) is 0 Å². The zero-order valence-corrected chi connectivity index (χ0v) is 16.6. The molecule has 6 heteroatoms. The van der Waals surface area contributed by atoms with E-state index in [1.54, 1.807) is 7.11 Å². The summed E-state index contributed by atoms with van der Waals surface area (Å²) in [6.07, 6.45) is 0. The van der Waals surface area contributed by atoms with Gasteiger partial charge in [-0.15, -0.1) is 0 Å². The number of methoxy groups -OCH3 is 1. The quantitative estimate of drug-likeness (QED) is 0.890. The molecule has 2 aliphatic rings. The number of amides is 2. The Labute approximate surface area is 166 Å². The summed E-state index contributed by atoms with van der Waals surface area (Å²) in [5, 5.41) is 3.08. The minimum absolute atomic E-state index is 0.0589. The number of rotatable bonds is 3. The second kappa shape index (κ2) is 8.20. The molecular formula is C22H28N4O2. The zero-order valence-electron chi connectivity index (χ0n) is 16.6. The first-order chi connectivity index (χ1) is 13.6. The van der Waals surface area contributed by atoms with Gasteiger partial charge < -0.3 is 19.9 Å². The Kier molecular flexibility index (Phi) is 5.50. The Morgan fingerprint density at radius 1 is 1.00 bits per heavy atom. The van der Waals surface area contributed by atoms with E-state index >= 15 is 0 Å². The molecule has 0 aliphatic carbocycles. The number of piperazine rings is 2. The lowest BCUT2D eigenvalue weighted by Crippen LogP contribution is -2.62. The van der Waals surface area contributed by atoms with Crippen LogP contribution >= 0.6 is 0 Å². The van der Waals surface area contributed by atoms with Gasteiger partial charge in [0.25, 0.3) is 0 Å². The fraction of sp³-hybridized carbons (Fsp3) is 0.409. The lowest BCUT2D eigenvalue weighted by atomic mass is 10.0. The number of carbonyl (C=O) groups is 1. The van der Waals surface area contributed by atoms with Gasteiger partial charge >= 0.3 is 6.03 Å². The van der Waals surface area contributed by atoms with Crippen molar-refractivity contribution in [2.75, 3.05) is 58.7 Å². The lowest BCUT2D eigenvalue weighted by Gasteiger charge is -2.46. The van der Waals surface area contributed by atoms with Gasteiger partial charge in [0, 0.05) is 45.3 Å². The molecule has 0 radical (unpaired) electrons. The number of nitrogens with zero attached hydrogens (tertiary/aromatic N) is 3. The highest BCUT2D eigenvalue weighted by Gasteiger charge is 2.32. The highest BCUT2D eigenvalue weighted by atomic mass is 16.5. The Bertz CT molecular complexity index is 827. The minimum atomic E-state index is -0.0589. The molecular weight excluding hydrogens is 352 g/mol. The van der Waals surface area contributed by atoms with Crippen molar-refractivity contribution in [1.82, 2.24) is 14.7 Å². The summed E-state index contributed by atoms with van der Waals surface area (Å²) in [7, 11) is 3.78. The van der Waals surface area contributed by atoms with Gasteiger partial charge in [-0.05, 0) is 30.3 Å². The number of likely N-dealkylation sites (N-methyl/N-ethyl adjacent to an activating group) is 1. The predicted molar refractivity (Wildman–Crippen MR) is 112 cm³/mol. The molecule has 2 aromatic carbocycles. The van der Waals surface area contributed by atoms with Crippen LogP contribution in [0.1, 0.15) is 0 Å². The summed E-state index contributed by atoms with van der Waals surface area (Å²) in [5.74, 6) is 0.670. The largest absolute Gasteiger partial charge is 0.495 e. The van der Waals surface area contributed by atoms with E-state index in [2.05, 4.69) is 34.3 Å². The van der Waals surface area contributed by atoms with Crippen molar-refractivity contribution >= 4 is 11.7 Å². The number of anilines is 1. The van der Waals surface area contributed by atoms with Gasteiger partial charge in [-0.3, -0.25) is 4.90 Å². The molecule has 0 spiro atoms. The van der Waals surface area contributed by atoms with Crippen LogP contribution in [0.2, 0.25) is 0 Å².